The molecule has 0 nitrogen and oxygen atoms in total. The SMILES string of the molecule is Cc1cc(F)c2c(F)c(C)ccc2c1. The maximum absolute atomic E-state index is 13.6. The fraction of sp³-hybridized carbons (Fsp3) is 0.167. The second kappa shape index (κ2) is 3.05. The van der Waals surface area contributed by atoms with E-state index in [-0.39, 0.29) is 5.39 Å². The van der Waals surface area contributed by atoms with Gasteiger partial charge in [-0.05, 0) is 36.4 Å². The van der Waals surface area contributed by atoms with Gasteiger partial charge in [-0.25, -0.2) is 8.78 Å². The second-order valence-corrected chi connectivity index (χ2v) is 3.54. The van der Waals surface area contributed by atoms with Crippen LogP contribution in [0.1, 0.15) is 11.1 Å². The van der Waals surface area contributed by atoms with E-state index in [2.05, 4.69) is 0 Å². The molecule has 0 radical (unpaired) electrons. The predicted octanol–water partition coefficient (Wildman–Crippen LogP) is 3.73. The lowest BCUT2D eigenvalue weighted by atomic mass is 10.0. The molecule has 0 aliphatic carbocycles. The number of hydrogen-bond donors (Lipinski definition) is 0. The van der Waals surface area contributed by atoms with Crippen LogP contribution in [0.3, 0.4) is 0 Å². The first-order chi connectivity index (χ1) is 6.59. The van der Waals surface area contributed by atoms with Gasteiger partial charge in [-0.3, -0.25) is 0 Å². The van der Waals surface area contributed by atoms with Crippen molar-refractivity contribution in [3.8, 4) is 0 Å². The fourth-order valence-corrected chi connectivity index (χ4v) is 1.62. The summed E-state index contributed by atoms with van der Waals surface area (Å²) in [5.74, 6) is -0.943. The molecule has 2 rings (SSSR count). The first-order valence-electron chi connectivity index (χ1n) is 4.44. The molecular formula is C12H10F2. The van der Waals surface area contributed by atoms with Crippen LogP contribution in [0.15, 0.2) is 24.3 Å². The van der Waals surface area contributed by atoms with E-state index in [9.17, 15) is 8.78 Å². The van der Waals surface area contributed by atoms with E-state index in [1.807, 2.05) is 0 Å². The van der Waals surface area contributed by atoms with Crippen molar-refractivity contribution >= 4 is 10.8 Å². The van der Waals surface area contributed by atoms with Crippen LogP contribution >= 0.6 is 0 Å². The van der Waals surface area contributed by atoms with Gasteiger partial charge in [0.2, 0.25) is 0 Å². The summed E-state index contributed by atoms with van der Waals surface area (Å²) in [7, 11) is 0. The fourth-order valence-electron chi connectivity index (χ4n) is 1.62. The summed E-state index contributed by atoms with van der Waals surface area (Å²) in [6, 6.07) is 6.53. The van der Waals surface area contributed by atoms with Gasteiger partial charge in [-0.1, -0.05) is 18.2 Å². The normalized spacial score (nSPS) is 10.9. The summed E-state index contributed by atoms with van der Waals surface area (Å²) < 4.78 is 27.0. The van der Waals surface area contributed by atoms with E-state index >= 15 is 0 Å². The molecule has 0 unspecified atom stereocenters. The van der Waals surface area contributed by atoms with Gasteiger partial charge in [-0.2, -0.15) is 0 Å². The molecule has 0 aliphatic rings. The zero-order valence-electron chi connectivity index (χ0n) is 8.07. The highest BCUT2D eigenvalue weighted by molar-refractivity contribution is 5.85. The molecule has 0 heterocycles. The van der Waals surface area contributed by atoms with Crippen LogP contribution in [0.2, 0.25) is 0 Å². The molecule has 0 bridgehead atoms. The van der Waals surface area contributed by atoms with Crippen molar-refractivity contribution in [3.05, 3.63) is 47.0 Å². The summed E-state index contributed by atoms with van der Waals surface area (Å²) in [5.41, 5.74) is 1.28. The molecule has 2 heteroatoms. The van der Waals surface area contributed by atoms with Gasteiger partial charge in [0.15, 0.2) is 0 Å². The number of halogens is 2. The second-order valence-electron chi connectivity index (χ2n) is 3.54. The van der Waals surface area contributed by atoms with E-state index in [1.165, 1.54) is 6.07 Å². The average molecular weight is 192 g/mol. The number of hydrogen-bond acceptors (Lipinski definition) is 0. The van der Waals surface area contributed by atoms with Crippen molar-refractivity contribution in [2.75, 3.05) is 0 Å². The van der Waals surface area contributed by atoms with Gasteiger partial charge in [0.1, 0.15) is 11.6 Å². The lowest BCUT2D eigenvalue weighted by Gasteiger charge is -2.04. The number of fused-ring (bicyclic) bond motifs is 1. The highest BCUT2D eigenvalue weighted by Gasteiger charge is 2.09. The highest BCUT2D eigenvalue weighted by Crippen LogP contribution is 2.24. The van der Waals surface area contributed by atoms with Gasteiger partial charge in [-0.15, -0.1) is 0 Å². The highest BCUT2D eigenvalue weighted by atomic mass is 19.1. The third-order valence-corrected chi connectivity index (χ3v) is 2.34. The van der Waals surface area contributed by atoms with Crippen LogP contribution in [0.5, 0.6) is 0 Å². The lowest BCUT2D eigenvalue weighted by molar-refractivity contribution is 0.602. The minimum Gasteiger partial charge on any atom is -0.206 e. The van der Waals surface area contributed by atoms with Crippen molar-refractivity contribution in [1.82, 2.24) is 0 Å². The summed E-state index contributed by atoms with van der Waals surface area (Å²) in [6.45, 7) is 3.42. The third kappa shape index (κ3) is 1.27. The Morgan fingerprint density at radius 2 is 1.71 bits per heavy atom. The quantitative estimate of drug-likeness (QED) is 0.596. The molecule has 0 saturated carbocycles. The molecular weight excluding hydrogens is 182 g/mol. The van der Waals surface area contributed by atoms with Gasteiger partial charge < -0.3 is 0 Å². The average Bonchev–Trinajstić information content (AvgIpc) is 2.10. The Morgan fingerprint density at radius 3 is 2.43 bits per heavy atom. The maximum atomic E-state index is 13.6. The first-order valence-corrected chi connectivity index (χ1v) is 4.44. The van der Waals surface area contributed by atoms with Gasteiger partial charge >= 0.3 is 0 Å². The van der Waals surface area contributed by atoms with Crippen LogP contribution in [0.4, 0.5) is 8.78 Å². The van der Waals surface area contributed by atoms with Crippen LogP contribution in [-0.2, 0) is 0 Å². The molecule has 2 aromatic rings. The predicted molar refractivity (Wildman–Crippen MR) is 53.3 cm³/mol. The summed E-state index contributed by atoms with van der Waals surface area (Å²) in [4.78, 5) is 0. The van der Waals surface area contributed by atoms with Crippen molar-refractivity contribution in [2.45, 2.75) is 13.8 Å². The van der Waals surface area contributed by atoms with Crippen LogP contribution in [0, 0.1) is 25.5 Å². The molecule has 0 aromatic heterocycles. The van der Waals surface area contributed by atoms with E-state index in [0.717, 1.165) is 5.56 Å². The Hall–Kier alpha value is -1.44. The molecule has 2 aromatic carbocycles. The van der Waals surface area contributed by atoms with E-state index in [4.69, 9.17) is 0 Å². The molecule has 14 heavy (non-hydrogen) atoms. The van der Waals surface area contributed by atoms with Crippen LogP contribution in [-0.4, -0.2) is 0 Å². The molecule has 0 N–H and O–H groups in total. The topological polar surface area (TPSA) is 0 Å². The minimum absolute atomic E-state index is 0.0931. The summed E-state index contributed by atoms with van der Waals surface area (Å²) in [5, 5.41) is 0.709. The Morgan fingerprint density at radius 1 is 1.00 bits per heavy atom. The molecule has 0 spiro atoms. The van der Waals surface area contributed by atoms with Gasteiger partial charge in [0.25, 0.3) is 0 Å². The molecule has 0 aliphatic heterocycles. The number of benzene rings is 2. The number of rotatable bonds is 0. The van der Waals surface area contributed by atoms with Crippen molar-refractivity contribution in [3.63, 3.8) is 0 Å². The number of aryl methyl sites for hydroxylation is 2. The molecule has 0 fully saturated rings. The Labute approximate surface area is 81.2 Å². The molecule has 0 saturated heterocycles. The first kappa shape index (κ1) is 9.13. The van der Waals surface area contributed by atoms with Crippen molar-refractivity contribution in [2.24, 2.45) is 0 Å². The molecule has 72 valence electrons. The van der Waals surface area contributed by atoms with E-state index in [1.54, 1.807) is 32.0 Å². The van der Waals surface area contributed by atoms with E-state index in [0.29, 0.717) is 10.9 Å². The largest absolute Gasteiger partial charge is 0.206 e. The minimum atomic E-state index is -0.485. The summed E-state index contributed by atoms with van der Waals surface area (Å²) in [6.07, 6.45) is 0. The van der Waals surface area contributed by atoms with E-state index < -0.39 is 11.6 Å². The molecule has 0 amide bonds. The summed E-state index contributed by atoms with van der Waals surface area (Å²) >= 11 is 0. The lowest BCUT2D eigenvalue weighted by Crippen LogP contribution is -1.90. The maximum Gasteiger partial charge on any atom is 0.136 e. The monoisotopic (exact) mass is 192 g/mol. The van der Waals surface area contributed by atoms with Crippen molar-refractivity contribution in [1.29, 1.82) is 0 Å². The Kier molecular flexibility index (Phi) is 1.99. The van der Waals surface area contributed by atoms with Crippen LogP contribution in [0.25, 0.3) is 10.8 Å². The smallest absolute Gasteiger partial charge is 0.136 e. The Bertz CT molecular complexity index is 501. The standard InChI is InChI=1S/C12H10F2/c1-7-5-9-4-3-8(2)12(14)11(9)10(13)6-7/h3-6H,1-2H3. The van der Waals surface area contributed by atoms with Crippen LogP contribution < -0.4 is 0 Å². The zero-order valence-corrected chi connectivity index (χ0v) is 8.07. The third-order valence-electron chi connectivity index (χ3n) is 2.34. The van der Waals surface area contributed by atoms with Gasteiger partial charge in [0.05, 0.1) is 5.39 Å². The van der Waals surface area contributed by atoms with Crippen molar-refractivity contribution < 1.29 is 8.78 Å². The Balaban J connectivity index is 2.95. The zero-order chi connectivity index (χ0) is 10.3. The van der Waals surface area contributed by atoms with Gasteiger partial charge in [0, 0.05) is 0 Å². The molecule has 0 atom stereocenters.